The van der Waals surface area contributed by atoms with Crippen LogP contribution in [0, 0.1) is 16.7 Å². The zero-order valence-electron chi connectivity index (χ0n) is 7.40. The third kappa shape index (κ3) is 2.17. The second-order valence-corrected chi connectivity index (χ2v) is 3.36. The zero-order chi connectivity index (χ0) is 8.97. The molecule has 4 nitrogen and oxygen atoms in total. The van der Waals surface area contributed by atoms with Crippen LogP contribution in [0.2, 0.25) is 0 Å². The minimum atomic E-state index is -0.0694. The quantitative estimate of drug-likeness (QED) is 0.487. The largest absolute Gasteiger partial charge is 0.360 e. The first-order valence-corrected chi connectivity index (χ1v) is 4.52. The number of nitrogens with zero attached hydrogens (tertiary/aromatic N) is 1. The summed E-state index contributed by atoms with van der Waals surface area (Å²) in [4.78, 5) is 14.7. The van der Waals surface area contributed by atoms with Crippen molar-refractivity contribution in [1.29, 1.82) is 0 Å². The van der Waals surface area contributed by atoms with E-state index < -0.39 is 0 Å². The van der Waals surface area contributed by atoms with Gasteiger partial charge in [0.1, 0.15) is 6.10 Å². The molecule has 1 fully saturated rings. The van der Waals surface area contributed by atoms with Gasteiger partial charge in [-0.3, -0.25) is 0 Å². The number of rotatable bonds is 6. The highest BCUT2D eigenvalue weighted by Crippen LogP contribution is 2.39. The molecule has 2 N–H and O–H groups in total. The Balaban J connectivity index is 2.41. The third-order valence-corrected chi connectivity index (χ3v) is 2.56. The summed E-state index contributed by atoms with van der Waals surface area (Å²) < 4.78 is 0. The van der Waals surface area contributed by atoms with Crippen LogP contribution in [0.1, 0.15) is 26.2 Å². The minimum absolute atomic E-state index is 0.0694. The van der Waals surface area contributed by atoms with Gasteiger partial charge in [0.05, 0.1) is 0 Å². The van der Waals surface area contributed by atoms with Crippen molar-refractivity contribution in [2.24, 2.45) is 22.9 Å². The fourth-order valence-electron chi connectivity index (χ4n) is 1.68. The molecule has 2 unspecified atom stereocenters. The lowest BCUT2D eigenvalue weighted by molar-refractivity contribution is 0.00602. The lowest BCUT2D eigenvalue weighted by Gasteiger charge is -2.20. The molecule has 0 spiro atoms. The molecule has 0 aromatic heterocycles. The summed E-state index contributed by atoms with van der Waals surface area (Å²) in [5.41, 5.74) is 5.60. The van der Waals surface area contributed by atoms with E-state index in [4.69, 9.17) is 10.6 Å². The predicted octanol–water partition coefficient (Wildman–Crippen LogP) is 1.45. The average molecular weight is 172 g/mol. The van der Waals surface area contributed by atoms with Gasteiger partial charge >= 0.3 is 0 Å². The first kappa shape index (κ1) is 9.45. The van der Waals surface area contributed by atoms with Crippen molar-refractivity contribution in [1.82, 2.24) is 0 Å². The second kappa shape index (κ2) is 4.40. The van der Waals surface area contributed by atoms with E-state index in [0.29, 0.717) is 18.4 Å². The summed E-state index contributed by atoms with van der Waals surface area (Å²) in [6.07, 6.45) is 3.19. The van der Waals surface area contributed by atoms with Gasteiger partial charge in [-0.25, -0.2) is 0 Å². The molecule has 2 atom stereocenters. The van der Waals surface area contributed by atoms with Crippen LogP contribution in [0.4, 0.5) is 0 Å². The van der Waals surface area contributed by atoms with Crippen LogP contribution >= 0.6 is 0 Å². The Morgan fingerprint density at radius 1 is 1.67 bits per heavy atom. The molecule has 0 aliphatic heterocycles. The van der Waals surface area contributed by atoms with Crippen LogP contribution in [-0.2, 0) is 4.84 Å². The van der Waals surface area contributed by atoms with Crippen molar-refractivity contribution in [3.63, 3.8) is 0 Å². The van der Waals surface area contributed by atoms with Crippen LogP contribution in [0.3, 0.4) is 0 Å². The molecule has 1 rings (SSSR count). The van der Waals surface area contributed by atoms with Crippen LogP contribution in [-0.4, -0.2) is 12.6 Å². The maximum Gasteiger partial charge on any atom is 0.155 e. The molecule has 0 amide bonds. The van der Waals surface area contributed by atoms with E-state index in [9.17, 15) is 4.91 Å². The monoisotopic (exact) mass is 172 g/mol. The Kier molecular flexibility index (Phi) is 3.47. The summed E-state index contributed by atoms with van der Waals surface area (Å²) in [6, 6.07) is 0. The number of hydrogen-bond acceptors (Lipinski definition) is 4. The smallest absolute Gasteiger partial charge is 0.155 e. The van der Waals surface area contributed by atoms with Crippen LogP contribution < -0.4 is 5.73 Å². The van der Waals surface area contributed by atoms with E-state index in [0.717, 1.165) is 6.42 Å². The van der Waals surface area contributed by atoms with Crippen molar-refractivity contribution in [3.8, 4) is 0 Å². The molecule has 0 heterocycles. The Morgan fingerprint density at radius 3 is 2.67 bits per heavy atom. The summed E-state index contributed by atoms with van der Waals surface area (Å²) in [6.45, 7) is 2.58. The fraction of sp³-hybridized carbons (Fsp3) is 1.00. The summed E-state index contributed by atoms with van der Waals surface area (Å²) >= 11 is 0. The lowest BCUT2D eigenvalue weighted by Crippen LogP contribution is -2.30. The van der Waals surface area contributed by atoms with Crippen molar-refractivity contribution in [2.75, 3.05) is 6.54 Å². The zero-order valence-corrected chi connectivity index (χ0v) is 7.40. The molecule has 1 aliphatic carbocycles. The fourth-order valence-corrected chi connectivity index (χ4v) is 1.68. The van der Waals surface area contributed by atoms with Gasteiger partial charge in [-0.15, -0.1) is 4.91 Å². The van der Waals surface area contributed by atoms with Gasteiger partial charge in [0.15, 0.2) is 5.34 Å². The van der Waals surface area contributed by atoms with Gasteiger partial charge in [0, 0.05) is 5.92 Å². The minimum Gasteiger partial charge on any atom is -0.360 e. The molecular formula is C8H16N2O2. The molecule has 0 aromatic rings. The van der Waals surface area contributed by atoms with E-state index >= 15 is 0 Å². The molecule has 0 saturated heterocycles. The highest BCUT2D eigenvalue weighted by atomic mass is 16.7. The molecule has 4 heteroatoms. The molecule has 0 bridgehead atoms. The molecule has 1 saturated carbocycles. The second-order valence-electron chi connectivity index (χ2n) is 3.36. The normalized spacial score (nSPS) is 21.5. The molecule has 12 heavy (non-hydrogen) atoms. The van der Waals surface area contributed by atoms with E-state index in [1.807, 2.05) is 6.92 Å². The Labute approximate surface area is 72.4 Å². The maximum atomic E-state index is 9.92. The van der Waals surface area contributed by atoms with Gasteiger partial charge in [0.2, 0.25) is 0 Å². The first-order valence-electron chi connectivity index (χ1n) is 4.52. The van der Waals surface area contributed by atoms with E-state index in [-0.39, 0.29) is 6.10 Å². The van der Waals surface area contributed by atoms with E-state index in [2.05, 4.69) is 5.34 Å². The number of hydrogen-bond donors (Lipinski definition) is 1. The summed E-state index contributed by atoms with van der Waals surface area (Å²) in [7, 11) is 0. The highest BCUT2D eigenvalue weighted by Gasteiger charge is 2.36. The van der Waals surface area contributed by atoms with Gasteiger partial charge in [-0.05, 0) is 31.7 Å². The maximum absolute atomic E-state index is 9.92. The molecule has 0 radical (unpaired) electrons. The van der Waals surface area contributed by atoms with Crippen molar-refractivity contribution >= 4 is 0 Å². The predicted molar refractivity (Wildman–Crippen MR) is 46.2 cm³/mol. The SMILES string of the molecule is CCC(ON=O)C(CN)C1CC1. The van der Waals surface area contributed by atoms with Gasteiger partial charge in [-0.1, -0.05) is 6.92 Å². The Morgan fingerprint density at radius 2 is 2.33 bits per heavy atom. The van der Waals surface area contributed by atoms with E-state index in [1.165, 1.54) is 12.8 Å². The van der Waals surface area contributed by atoms with Gasteiger partial charge < -0.3 is 10.6 Å². The summed E-state index contributed by atoms with van der Waals surface area (Å²) in [5, 5.41) is 2.48. The van der Waals surface area contributed by atoms with Crippen molar-refractivity contribution in [3.05, 3.63) is 4.91 Å². The van der Waals surface area contributed by atoms with E-state index in [1.54, 1.807) is 0 Å². The Hall–Kier alpha value is -0.640. The lowest BCUT2D eigenvalue weighted by atomic mass is 9.95. The van der Waals surface area contributed by atoms with Crippen molar-refractivity contribution < 1.29 is 4.84 Å². The van der Waals surface area contributed by atoms with Crippen LogP contribution in [0.15, 0.2) is 5.34 Å². The van der Waals surface area contributed by atoms with Crippen molar-refractivity contribution in [2.45, 2.75) is 32.3 Å². The molecule has 1 aliphatic rings. The highest BCUT2D eigenvalue weighted by molar-refractivity contribution is 4.86. The summed E-state index contributed by atoms with van der Waals surface area (Å²) in [5.74, 6) is 0.995. The topological polar surface area (TPSA) is 64.7 Å². The molecule has 70 valence electrons. The molecular weight excluding hydrogens is 156 g/mol. The van der Waals surface area contributed by atoms with Gasteiger partial charge in [0.25, 0.3) is 0 Å². The number of nitrogens with two attached hydrogens (primary N) is 1. The first-order chi connectivity index (χ1) is 5.83. The molecule has 0 aromatic carbocycles. The van der Waals surface area contributed by atoms with Gasteiger partial charge in [-0.2, -0.15) is 0 Å². The third-order valence-electron chi connectivity index (χ3n) is 2.56. The Bertz CT molecular complexity index is 148. The van der Waals surface area contributed by atoms with Crippen LogP contribution in [0.5, 0.6) is 0 Å². The standard InChI is InChI=1S/C8H16N2O2/c1-2-8(12-10-11)7(5-9)6-3-4-6/h6-8H,2-5,9H2,1H3. The average Bonchev–Trinajstić information content (AvgIpc) is 2.88. The van der Waals surface area contributed by atoms with Crippen LogP contribution in [0.25, 0.3) is 0 Å².